The summed E-state index contributed by atoms with van der Waals surface area (Å²) in [5.74, 6) is 0.147. The fourth-order valence-corrected chi connectivity index (χ4v) is 4.87. The highest BCUT2D eigenvalue weighted by atomic mass is 16.2. The van der Waals surface area contributed by atoms with Crippen molar-refractivity contribution in [3.63, 3.8) is 0 Å². The maximum atomic E-state index is 13.4. The first kappa shape index (κ1) is 17.2. The van der Waals surface area contributed by atoms with E-state index in [2.05, 4.69) is 83.5 Å². The third-order valence-corrected chi connectivity index (χ3v) is 6.11. The van der Waals surface area contributed by atoms with Crippen molar-refractivity contribution in [2.24, 2.45) is 0 Å². The van der Waals surface area contributed by atoms with Gasteiger partial charge >= 0.3 is 0 Å². The number of benzene rings is 3. The normalized spacial score (nSPS) is 21.5. The Bertz CT molecular complexity index is 1010. The molecule has 0 spiro atoms. The Hall–Kier alpha value is -2.91. The molecule has 2 heterocycles. The number of hydrogen-bond donors (Lipinski definition) is 0. The summed E-state index contributed by atoms with van der Waals surface area (Å²) >= 11 is 0. The molecule has 2 aliphatic rings. The first-order valence-electron chi connectivity index (χ1n) is 9.99. The predicted octanol–water partition coefficient (Wildman–Crippen LogP) is 4.56. The van der Waals surface area contributed by atoms with Crippen LogP contribution < -0.4 is 0 Å². The lowest BCUT2D eigenvalue weighted by atomic mass is 9.86. The van der Waals surface area contributed by atoms with Crippen molar-refractivity contribution in [1.29, 1.82) is 0 Å². The second-order valence-electron chi connectivity index (χ2n) is 7.80. The molecule has 28 heavy (non-hydrogen) atoms. The molecule has 3 nitrogen and oxygen atoms in total. The molecule has 1 saturated heterocycles. The van der Waals surface area contributed by atoms with E-state index in [1.54, 1.807) is 0 Å². The Kier molecular flexibility index (Phi) is 4.06. The molecule has 1 unspecified atom stereocenters. The van der Waals surface area contributed by atoms with Crippen molar-refractivity contribution in [1.82, 2.24) is 9.80 Å². The van der Waals surface area contributed by atoms with Crippen LogP contribution in [0.3, 0.4) is 0 Å². The number of aryl methyl sites for hydroxylation is 1. The number of carbonyl (C=O) groups is 1. The van der Waals surface area contributed by atoms with Gasteiger partial charge in [-0.25, -0.2) is 0 Å². The standard InChI is InChI=1S/C25H24N2O/c1-19-12-14-21(15-13-19)25-23-11-6-5-10-22(23)24(28)27(25)17-7-16-26(25)18-20-8-3-2-4-9-20/h2-6,8-15H,7,16-18H2,1H3. The van der Waals surface area contributed by atoms with E-state index in [1.807, 2.05) is 12.1 Å². The molecule has 3 aromatic rings. The lowest BCUT2D eigenvalue weighted by molar-refractivity contribution is -0.0433. The molecule has 0 radical (unpaired) electrons. The molecule has 0 aliphatic carbocycles. The molecule has 0 bridgehead atoms. The number of amides is 1. The van der Waals surface area contributed by atoms with Crippen LogP contribution in [0.4, 0.5) is 0 Å². The van der Waals surface area contributed by atoms with Crippen molar-refractivity contribution in [3.05, 3.63) is 107 Å². The quantitative estimate of drug-likeness (QED) is 0.677. The number of nitrogens with zero attached hydrogens (tertiary/aromatic N) is 2. The summed E-state index contributed by atoms with van der Waals surface area (Å²) < 4.78 is 0. The molecule has 3 aromatic carbocycles. The van der Waals surface area contributed by atoms with Gasteiger partial charge in [0.05, 0.1) is 0 Å². The summed E-state index contributed by atoms with van der Waals surface area (Å²) in [5.41, 5.74) is 5.09. The average molecular weight is 368 g/mol. The lowest BCUT2D eigenvalue weighted by Gasteiger charge is -2.51. The molecule has 0 saturated carbocycles. The fraction of sp³-hybridized carbons (Fsp3) is 0.240. The minimum absolute atomic E-state index is 0.147. The molecule has 2 aliphatic heterocycles. The van der Waals surface area contributed by atoms with E-state index >= 15 is 0 Å². The van der Waals surface area contributed by atoms with Gasteiger partial charge < -0.3 is 4.90 Å². The molecule has 1 amide bonds. The number of rotatable bonds is 3. The Labute approximate surface area is 166 Å². The Balaban J connectivity index is 1.73. The fourth-order valence-electron chi connectivity index (χ4n) is 4.87. The van der Waals surface area contributed by atoms with Gasteiger partial charge in [-0.2, -0.15) is 0 Å². The molecule has 5 rings (SSSR count). The van der Waals surface area contributed by atoms with Crippen LogP contribution in [0, 0.1) is 6.92 Å². The average Bonchev–Trinajstić information content (AvgIpc) is 3.00. The summed E-state index contributed by atoms with van der Waals surface area (Å²) in [7, 11) is 0. The van der Waals surface area contributed by atoms with Crippen molar-refractivity contribution in [2.75, 3.05) is 13.1 Å². The van der Waals surface area contributed by atoms with Crippen molar-refractivity contribution >= 4 is 5.91 Å². The van der Waals surface area contributed by atoms with Crippen LogP contribution in [0.2, 0.25) is 0 Å². The predicted molar refractivity (Wildman–Crippen MR) is 111 cm³/mol. The van der Waals surface area contributed by atoms with E-state index in [0.717, 1.165) is 37.2 Å². The highest BCUT2D eigenvalue weighted by Crippen LogP contribution is 2.49. The second-order valence-corrected chi connectivity index (χ2v) is 7.80. The van der Waals surface area contributed by atoms with Crippen LogP contribution in [0.15, 0.2) is 78.9 Å². The number of carbonyl (C=O) groups excluding carboxylic acids is 1. The SMILES string of the molecule is Cc1ccc(C23c4ccccc4C(=O)N2CCCN3Cc2ccccc2)cc1. The summed E-state index contributed by atoms with van der Waals surface area (Å²) in [6.45, 7) is 4.66. The molecular weight excluding hydrogens is 344 g/mol. The Morgan fingerprint density at radius 3 is 2.36 bits per heavy atom. The number of fused-ring (bicyclic) bond motifs is 3. The van der Waals surface area contributed by atoms with E-state index in [4.69, 9.17) is 0 Å². The third-order valence-electron chi connectivity index (χ3n) is 6.11. The molecule has 1 atom stereocenters. The maximum absolute atomic E-state index is 13.4. The first-order valence-corrected chi connectivity index (χ1v) is 9.99. The number of hydrogen-bond acceptors (Lipinski definition) is 2. The van der Waals surface area contributed by atoms with E-state index in [9.17, 15) is 4.79 Å². The van der Waals surface area contributed by atoms with Gasteiger partial charge in [0.1, 0.15) is 5.66 Å². The van der Waals surface area contributed by atoms with Crippen molar-refractivity contribution in [2.45, 2.75) is 25.6 Å². The van der Waals surface area contributed by atoms with Crippen LogP contribution in [0.1, 0.15) is 39.0 Å². The van der Waals surface area contributed by atoms with Gasteiger partial charge in [-0.15, -0.1) is 0 Å². The summed E-state index contributed by atoms with van der Waals surface area (Å²) in [4.78, 5) is 18.0. The minimum atomic E-state index is -0.532. The van der Waals surface area contributed by atoms with Gasteiger partial charge in [0.15, 0.2) is 0 Å². The highest BCUT2D eigenvalue weighted by Gasteiger charge is 2.55. The van der Waals surface area contributed by atoms with E-state index in [-0.39, 0.29) is 5.91 Å². The molecule has 1 fully saturated rings. The first-order chi connectivity index (χ1) is 13.7. The van der Waals surface area contributed by atoms with Gasteiger partial charge in [0.2, 0.25) is 0 Å². The Morgan fingerprint density at radius 1 is 0.857 bits per heavy atom. The summed E-state index contributed by atoms with van der Waals surface area (Å²) in [6, 6.07) is 27.4. The van der Waals surface area contributed by atoms with Gasteiger partial charge in [-0.05, 0) is 30.5 Å². The minimum Gasteiger partial charge on any atom is -0.312 e. The van der Waals surface area contributed by atoms with E-state index in [0.29, 0.717) is 0 Å². The zero-order chi connectivity index (χ0) is 19.1. The van der Waals surface area contributed by atoms with Crippen LogP contribution in [0.5, 0.6) is 0 Å². The van der Waals surface area contributed by atoms with Crippen LogP contribution in [-0.2, 0) is 12.2 Å². The van der Waals surface area contributed by atoms with Crippen molar-refractivity contribution in [3.8, 4) is 0 Å². The molecule has 140 valence electrons. The maximum Gasteiger partial charge on any atom is 0.256 e. The zero-order valence-electron chi connectivity index (χ0n) is 16.1. The molecule has 0 N–H and O–H groups in total. The lowest BCUT2D eigenvalue weighted by Crippen LogP contribution is -2.60. The van der Waals surface area contributed by atoms with Crippen LogP contribution in [0.25, 0.3) is 0 Å². The van der Waals surface area contributed by atoms with Gasteiger partial charge in [0.25, 0.3) is 5.91 Å². The van der Waals surface area contributed by atoms with Gasteiger partial charge in [-0.3, -0.25) is 9.69 Å². The smallest absolute Gasteiger partial charge is 0.256 e. The summed E-state index contributed by atoms with van der Waals surface area (Å²) in [5, 5.41) is 0. The van der Waals surface area contributed by atoms with Gasteiger partial charge in [0, 0.05) is 30.8 Å². The molecule has 0 aromatic heterocycles. The zero-order valence-corrected chi connectivity index (χ0v) is 16.1. The van der Waals surface area contributed by atoms with E-state index < -0.39 is 5.66 Å². The van der Waals surface area contributed by atoms with Crippen molar-refractivity contribution < 1.29 is 4.79 Å². The summed E-state index contributed by atoms with van der Waals surface area (Å²) in [6.07, 6.45) is 0.986. The third kappa shape index (κ3) is 2.43. The van der Waals surface area contributed by atoms with E-state index in [1.165, 1.54) is 16.7 Å². The molecule has 3 heteroatoms. The monoisotopic (exact) mass is 368 g/mol. The van der Waals surface area contributed by atoms with Crippen LogP contribution >= 0.6 is 0 Å². The van der Waals surface area contributed by atoms with Crippen LogP contribution in [-0.4, -0.2) is 28.8 Å². The topological polar surface area (TPSA) is 23.6 Å². The largest absolute Gasteiger partial charge is 0.312 e. The van der Waals surface area contributed by atoms with Gasteiger partial charge in [-0.1, -0.05) is 78.4 Å². The second kappa shape index (κ2) is 6.61. The highest BCUT2D eigenvalue weighted by molar-refractivity contribution is 6.00. The molecular formula is C25H24N2O. The Morgan fingerprint density at radius 2 is 1.57 bits per heavy atom.